The Labute approximate surface area is 196 Å². The molecule has 2 N–H and O–H groups in total. The summed E-state index contributed by atoms with van der Waals surface area (Å²) in [4.78, 5) is 39.5. The number of methoxy groups -OCH3 is 3. The van der Waals surface area contributed by atoms with Gasteiger partial charge in [0, 0.05) is 24.4 Å². The van der Waals surface area contributed by atoms with Crippen LogP contribution < -0.4 is 25.0 Å². The van der Waals surface area contributed by atoms with Gasteiger partial charge in [0.25, 0.3) is 11.8 Å². The van der Waals surface area contributed by atoms with Gasteiger partial charge in [-0.25, -0.2) is 5.01 Å². The molecule has 3 amide bonds. The van der Waals surface area contributed by atoms with Crippen LogP contribution >= 0.6 is 12.2 Å². The van der Waals surface area contributed by atoms with E-state index in [9.17, 15) is 14.4 Å². The average Bonchev–Trinajstić information content (AvgIpc) is 3.02. The molecule has 2 aromatic rings. The predicted molar refractivity (Wildman–Crippen MR) is 124 cm³/mol. The molecule has 0 saturated carbocycles. The molecule has 1 fully saturated rings. The molecule has 0 aliphatic carbocycles. The monoisotopic (exact) mass is 472 g/mol. The minimum atomic E-state index is -1.00. The van der Waals surface area contributed by atoms with E-state index >= 15 is 0 Å². The Morgan fingerprint density at radius 2 is 1.55 bits per heavy atom. The summed E-state index contributed by atoms with van der Waals surface area (Å²) < 4.78 is 15.5. The van der Waals surface area contributed by atoms with E-state index in [0.717, 1.165) is 0 Å². The van der Waals surface area contributed by atoms with Crippen LogP contribution in [0.5, 0.6) is 17.2 Å². The summed E-state index contributed by atoms with van der Waals surface area (Å²) in [5.41, 5.74) is 3.40. The van der Waals surface area contributed by atoms with Gasteiger partial charge in [0.15, 0.2) is 5.11 Å². The maximum Gasteiger partial charge on any atom is 0.270 e. The first kappa shape index (κ1) is 23.8. The van der Waals surface area contributed by atoms with Crippen molar-refractivity contribution in [3.63, 3.8) is 0 Å². The van der Waals surface area contributed by atoms with E-state index in [2.05, 4.69) is 10.7 Å². The van der Waals surface area contributed by atoms with E-state index in [0.29, 0.717) is 22.9 Å². The van der Waals surface area contributed by atoms with Gasteiger partial charge in [-0.1, -0.05) is 0 Å². The highest BCUT2D eigenvalue weighted by Crippen LogP contribution is 2.24. The molecule has 3 rings (SSSR count). The van der Waals surface area contributed by atoms with Gasteiger partial charge in [0.1, 0.15) is 23.3 Å². The third kappa shape index (κ3) is 5.32. The Morgan fingerprint density at radius 3 is 2.09 bits per heavy atom. The number of ether oxygens (including phenoxy) is 3. The summed E-state index contributed by atoms with van der Waals surface area (Å²) >= 11 is 5.31. The first-order valence-electron chi connectivity index (χ1n) is 9.86. The van der Waals surface area contributed by atoms with Crippen molar-refractivity contribution in [2.75, 3.05) is 33.7 Å². The molecule has 0 spiro atoms. The number of hydrogen-bond acceptors (Lipinski definition) is 7. The lowest BCUT2D eigenvalue weighted by molar-refractivity contribution is -0.130. The maximum atomic E-state index is 12.9. The number of anilines is 1. The highest BCUT2D eigenvalue weighted by molar-refractivity contribution is 7.80. The molecule has 10 nitrogen and oxygen atoms in total. The van der Waals surface area contributed by atoms with Gasteiger partial charge in [-0.3, -0.25) is 24.7 Å². The zero-order chi connectivity index (χ0) is 24.1. The fourth-order valence-electron chi connectivity index (χ4n) is 3.20. The zero-order valence-corrected chi connectivity index (χ0v) is 19.4. The van der Waals surface area contributed by atoms with Crippen molar-refractivity contribution in [2.45, 2.75) is 12.5 Å². The molecule has 1 unspecified atom stereocenters. The lowest BCUT2D eigenvalue weighted by Crippen LogP contribution is -2.49. The van der Waals surface area contributed by atoms with Crippen LogP contribution in [0.4, 0.5) is 5.69 Å². The molecular weight excluding hydrogens is 448 g/mol. The summed E-state index contributed by atoms with van der Waals surface area (Å²) in [6, 6.07) is 10.4. The Hall–Kier alpha value is -3.86. The third-order valence-electron chi connectivity index (χ3n) is 5.01. The number of nitrogens with one attached hydrogen (secondary N) is 2. The first-order valence-corrected chi connectivity index (χ1v) is 10.3. The first-order chi connectivity index (χ1) is 15.8. The smallest absolute Gasteiger partial charge is 0.270 e. The normalized spacial score (nSPS) is 15.3. The number of benzene rings is 2. The Morgan fingerprint density at radius 1 is 0.970 bits per heavy atom. The van der Waals surface area contributed by atoms with Crippen molar-refractivity contribution >= 4 is 40.7 Å². The molecule has 1 atom stereocenters. The molecule has 0 aromatic heterocycles. The second-order valence-corrected chi connectivity index (χ2v) is 7.45. The molecule has 1 aliphatic rings. The predicted octanol–water partition coefficient (Wildman–Crippen LogP) is 1.81. The Bertz CT molecular complexity index is 1050. The van der Waals surface area contributed by atoms with E-state index in [-0.39, 0.29) is 17.1 Å². The van der Waals surface area contributed by atoms with Gasteiger partial charge >= 0.3 is 0 Å². The largest absolute Gasteiger partial charge is 0.497 e. The molecule has 1 heterocycles. The standard InChI is InChI=1S/C22H24N4O6S/c1-25-21(29)18(12-19(27)23-14-5-7-15(30-2)8-6-14)26(22(25)33)24-20(28)13-9-16(31-3)11-17(10-13)32-4/h5-11,18H,12H2,1-4H3,(H,23,27)(H,24,28). The lowest BCUT2D eigenvalue weighted by Gasteiger charge is -2.24. The quantitative estimate of drug-likeness (QED) is 0.560. The summed E-state index contributed by atoms with van der Waals surface area (Å²) in [6.07, 6.45) is -0.225. The maximum absolute atomic E-state index is 12.9. The average molecular weight is 473 g/mol. The molecular formula is C22H24N4O6S. The number of hydrazine groups is 1. The highest BCUT2D eigenvalue weighted by Gasteiger charge is 2.42. The van der Waals surface area contributed by atoms with Crippen LogP contribution in [0.1, 0.15) is 16.8 Å². The van der Waals surface area contributed by atoms with Crippen molar-refractivity contribution in [1.82, 2.24) is 15.3 Å². The number of likely N-dealkylation sites (N-methyl/N-ethyl adjacent to an activating group) is 1. The number of rotatable bonds is 8. The van der Waals surface area contributed by atoms with Crippen molar-refractivity contribution in [3.05, 3.63) is 48.0 Å². The SMILES string of the molecule is COc1ccc(NC(=O)CC2C(=O)N(C)C(=S)N2NC(=O)c2cc(OC)cc(OC)c2)cc1. The number of carbonyl (C=O) groups excluding carboxylic acids is 3. The van der Waals surface area contributed by atoms with Crippen LogP contribution in [0.15, 0.2) is 42.5 Å². The van der Waals surface area contributed by atoms with Gasteiger partial charge in [0.05, 0.1) is 27.8 Å². The molecule has 2 aromatic carbocycles. The van der Waals surface area contributed by atoms with Gasteiger partial charge in [-0.05, 0) is 48.6 Å². The molecule has 11 heteroatoms. The second kappa shape index (κ2) is 10.2. The fourth-order valence-corrected chi connectivity index (χ4v) is 3.46. The van der Waals surface area contributed by atoms with E-state index < -0.39 is 23.8 Å². The number of thiocarbonyl (C=S) groups is 1. The van der Waals surface area contributed by atoms with Crippen LogP contribution in [0.3, 0.4) is 0 Å². The minimum absolute atomic E-state index is 0.0745. The Kier molecular flexibility index (Phi) is 7.34. The molecule has 1 aliphatic heterocycles. The van der Waals surface area contributed by atoms with Crippen molar-refractivity contribution in [2.24, 2.45) is 0 Å². The van der Waals surface area contributed by atoms with Crippen molar-refractivity contribution in [1.29, 1.82) is 0 Å². The summed E-state index contributed by atoms with van der Waals surface area (Å²) in [5.74, 6) is 0.124. The van der Waals surface area contributed by atoms with Gasteiger partial charge in [-0.2, -0.15) is 0 Å². The molecule has 1 saturated heterocycles. The van der Waals surface area contributed by atoms with Crippen molar-refractivity contribution in [3.8, 4) is 17.2 Å². The number of hydrogen-bond donors (Lipinski definition) is 2. The topological polar surface area (TPSA) is 109 Å². The van der Waals surface area contributed by atoms with Crippen LogP contribution in [0.25, 0.3) is 0 Å². The van der Waals surface area contributed by atoms with E-state index in [1.54, 1.807) is 37.4 Å². The molecule has 0 bridgehead atoms. The number of nitrogens with zero attached hydrogens (tertiary/aromatic N) is 2. The fraction of sp³-hybridized carbons (Fsp3) is 0.273. The van der Waals surface area contributed by atoms with Gasteiger partial charge < -0.3 is 19.5 Å². The summed E-state index contributed by atoms with van der Waals surface area (Å²) in [7, 11) is 5.97. The van der Waals surface area contributed by atoms with E-state index in [4.69, 9.17) is 26.4 Å². The highest BCUT2D eigenvalue weighted by atomic mass is 32.1. The Balaban J connectivity index is 1.75. The van der Waals surface area contributed by atoms with Crippen LogP contribution in [0.2, 0.25) is 0 Å². The van der Waals surface area contributed by atoms with E-state index in [1.165, 1.54) is 43.3 Å². The minimum Gasteiger partial charge on any atom is -0.497 e. The third-order valence-corrected chi connectivity index (χ3v) is 5.48. The van der Waals surface area contributed by atoms with Crippen LogP contribution in [0, 0.1) is 0 Å². The van der Waals surface area contributed by atoms with Crippen LogP contribution in [-0.4, -0.2) is 67.2 Å². The molecule has 33 heavy (non-hydrogen) atoms. The van der Waals surface area contributed by atoms with Crippen LogP contribution in [-0.2, 0) is 9.59 Å². The summed E-state index contributed by atoms with van der Waals surface area (Å²) in [6.45, 7) is 0. The molecule has 174 valence electrons. The zero-order valence-electron chi connectivity index (χ0n) is 18.6. The number of amides is 3. The van der Waals surface area contributed by atoms with Gasteiger partial charge in [-0.15, -0.1) is 0 Å². The van der Waals surface area contributed by atoms with E-state index in [1.807, 2.05) is 0 Å². The lowest BCUT2D eigenvalue weighted by atomic mass is 10.1. The summed E-state index contributed by atoms with van der Waals surface area (Å²) in [5, 5.41) is 4.02. The van der Waals surface area contributed by atoms with Gasteiger partial charge in [0.2, 0.25) is 5.91 Å². The number of carbonyl (C=O) groups is 3. The second-order valence-electron chi connectivity index (χ2n) is 7.09. The molecule has 0 radical (unpaired) electrons. The van der Waals surface area contributed by atoms with Crippen molar-refractivity contribution < 1.29 is 28.6 Å².